The highest BCUT2D eigenvalue weighted by molar-refractivity contribution is 6.30. The van der Waals surface area contributed by atoms with E-state index in [9.17, 15) is 19.2 Å². The molecule has 0 saturated carbocycles. The topological polar surface area (TPSA) is 105 Å². The third kappa shape index (κ3) is 3.98. The van der Waals surface area contributed by atoms with Crippen molar-refractivity contribution in [3.8, 4) is 0 Å². The van der Waals surface area contributed by atoms with E-state index in [0.29, 0.717) is 22.1 Å². The molecule has 160 valence electrons. The first-order chi connectivity index (χ1) is 14.9. The summed E-state index contributed by atoms with van der Waals surface area (Å²) in [5.41, 5.74) is 1.69. The predicted molar refractivity (Wildman–Crippen MR) is 115 cm³/mol. The van der Waals surface area contributed by atoms with Gasteiger partial charge in [-0.3, -0.25) is 24.1 Å². The van der Waals surface area contributed by atoms with Gasteiger partial charge in [-0.25, -0.2) is 0 Å². The second-order valence-corrected chi connectivity index (χ2v) is 7.90. The maximum absolute atomic E-state index is 13.0. The van der Waals surface area contributed by atoms with Crippen LogP contribution in [0.15, 0.2) is 48.5 Å². The van der Waals surface area contributed by atoms with Gasteiger partial charge in [-0.05, 0) is 42.8 Å². The summed E-state index contributed by atoms with van der Waals surface area (Å²) in [4.78, 5) is 51.9. The molecule has 1 fully saturated rings. The lowest BCUT2D eigenvalue weighted by Gasteiger charge is -2.32. The zero-order valence-corrected chi connectivity index (χ0v) is 17.4. The van der Waals surface area contributed by atoms with Crippen LogP contribution in [0.2, 0.25) is 5.02 Å². The average Bonchev–Trinajstić information content (AvgIpc) is 3.04. The van der Waals surface area contributed by atoms with E-state index in [-0.39, 0.29) is 18.7 Å². The number of esters is 1. The number of rotatable bonds is 5. The minimum absolute atomic E-state index is 0.00537. The van der Waals surface area contributed by atoms with Crippen LogP contribution in [0.1, 0.15) is 12.8 Å². The number of hydrogen-bond acceptors (Lipinski definition) is 6. The third-order valence-corrected chi connectivity index (χ3v) is 5.80. The Morgan fingerprint density at radius 1 is 1.13 bits per heavy atom. The number of carbonyl (C=O) groups excluding carboxylic acids is 4. The van der Waals surface area contributed by atoms with Crippen LogP contribution >= 0.6 is 11.6 Å². The summed E-state index contributed by atoms with van der Waals surface area (Å²) in [6, 6.07) is 12.5. The smallest absolute Gasteiger partial charge is 0.311 e. The summed E-state index contributed by atoms with van der Waals surface area (Å²) in [6.45, 7) is 0. The number of halogens is 1. The fourth-order valence-corrected chi connectivity index (χ4v) is 4.14. The van der Waals surface area contributed by atoms with Gasteiger partial charge in [0.1, 0.15) is 6.04 Å². The van der Waals surface area contributed by atoms with Crippen LogP contribution in [0, 0.1) is 11.8 Å². The summed E-state index contributed by atoms with van der Waals surface area (Å²) in [5, 5.41) is 6.33. The first kappa shape index (κ1) is 20.9. The summed E-state index contributed by atoms with van der Waals surface area (Å²) < 4.78 is 4.92. The zero-order valence-electron chi connectivity index (χ0n) is 16.6. The van der Waals surface area contributed by atoms with E-state index in [1.807, 2.05) is 0 Å². The van der Waals surface area contributed by atoms with Crippen molar-refractivity contribution in [2.24, 2.45) is 11.8 Å². The molecule has 4 rings (SSSR count). The van der Waals surface area contributed by atoms with Crippen molar-refractivity contribution >= 4 is 52.4 Å². The molecule has 9 heteroatoms. The molecule has 3 atom stereocenters. The molecule has 0 spiro atoms. The van der Waals surface area contributed by atoms with Crippen LogP contribution in [0.4, 0.5) is 17.1 Å². The van der Waals surface area contributed by atoms with Gasteiger partial charge < -0.3 is 15.4 Å². The number of amides is 3. The molecule has 2 aliphatic heterocycles. The highest BCUT2D eigenvalue weighted by atomic mass is 35.5. The number of para-hydroxylation sites is 2. The zero-order chi connectivity index (χ0) is 22.1. The SMILES string of the molecule is COC(=O)C(CC1CC(=O)N(c2ccc(Cl)cc2)C1=O)C1Nc2ccccc2NC1=O. The third-order valence-electron chi connectivity index (χ3n) is 5.55. The lowest BCUT2D eigenvalue weighted by molar-refractivity contribution is -0.148. The summed E-state index contributed by atoms with van der Waals surface area (Å²) in [7, 11) is 1.23. The van der Waals surface area contributed by atoms with E-state index >= 15 is 0 Å². The summed E-state index contributed by atoms with van der Waals surface area (Å²) >= 11 is 5.89. The fraction of sp³-hybridized carbons (Fsp3) is 0.273. The van der Waals surface area contributed by atoms with Crippen LogP contribution in [0.3, 0.4) is 0 Å². The van der Waals surface area contributed by atoms with E-state index in [2.05, 4.69) is 10.6 Å². The summed E-state index contributed by atoms with van der Waals surface area (Å²) in [5.74, 6) is -3.52. The lowest BCUT2D eigenvalue weighted by atomic mass is 9.86. The first-order valence-electron chi connectivity index (χ1n) is 9.75. The van der Waals surface area contributed by atoms with Crippen LogP contribution in [-0.2, 0) is 23.9 Å². The number of ether oxygens (including phenoxy) is 1. The maximum atomic E-state index is 13.0. The van der Waals surface area contributed by atoms with E-state index in [4.69, 9.17) is 16.3 Å². The van der Waals surface area contributed by atoms with Crippen molar-refractivity contribution in [1.82, 2.24) is 0 Å². The standard InChI is InChI=1S/C22H20ClN3O5/c1-31-22(30)15(19-20(28)25-17-5-3-2-4-16(17)24-19)10-12-11-18(27)26(21(12)29)14-8-6-13(23)7-9-14/h2-9,12,15,19,24H,10-11H2,1H3,(H,25,28). The Labute approximate surface area is 183 Å². The van der Waals surface area contributed by atoms with Crippen molar-refractivity contribution in [2.75, 3.05) is 22.6 Å². The molecule has 0 aromatic heterocycles. The monoisotopic (exact) mass is 441 g/mol. The Bertz CT molecular complexity index is 1060. The fourth-order valence-electron chi connectivity index (χ4n) is 4.01. The van der Waals surface area contributed by atoms with E-state index in [1.165, 1.54) is 7.11 Å². The molecule has 2 aliphatic rings. The van der Waals surface area contributed by atoms with Crippen LogP contribution < -0.4 is 15.5 Å². The molecular formula is C22H20ClN3O5. The number of imide groups is 1. The molecule has 2 N–H and O–H groups in total. The number of hydrogen-bond donors (Lipinski definition) is 2. The average molecular weight is 442 g/mol. The molecule has 2 heterocycles. The van der Waals surface area contributed by atoms with Gasteiger partial charge in [0.15, 0.2) is 0 Å². The van der Waals surface area contributed by atoms with Gasteiger partial charge in [0.25, 0.3) is 0 Å². The molecule has 8 nitrogen and oxygen atoms in total. The largest absolute Gasteiger partial charge is 0.469 e. The maximum Gasteiger partial charge on any atom is 0.311 e. The normalized spacial score (nSPS) is 21.2. The van der Waals surface area contributed by atoms with Crippen LogP contribution in [0.5, 0.6) is 0 Å². The molecule has 3 amide bonds. The van der Waals surface area contributed by atoms with Crippen LogP contribution in [-0.4, -0.2) is 36.8 Å². The Balaban J connectivity index is 1.57. The van der Waals surface area contributed by atoms with Crippen molar-refractivity contribution < 1.29 is 23.9 Å². The van der Waals surface area contributed by atoms with Gasteiger partial charge in [0.2, 0.25) is 17.7 Å². The number of benzene rings is 2. The Morgan fingerprint density at radius 3 is 2.48 bits per heavy atom. The van der Waals surface area contributed by atoms with Gasteiger partial charge in [-0.1, -0.05) is 23.7 Å². The number of carbonyl (C=O) groups is 4. The molecule has 0 aliphatic carbocycles. The highest BCUT2D eigenvalue weighted by Crippen LogP contribution is 2.35. The highest BCUT2D eigenvalue weighted by Gasteiger charge is 2.45. The number of methoxy groups -OCH3 is 1. The quantitative estimate of drug-likeness (QED) is 0.546. The van der Waals surface area contributed by atoms with Gasteiger partial charge in [0, 0.05) is 17.4 Å². The van der Waals surface area contributed by atoms with Crippen molar-refractivity contribution in [3.63, 3.8) is 0 Å². The Kier molecular flexibility index (Phi) is 5.65. The molecule has 1 saturated heterocycles. The minimum Gasteiger partial charge on any atom is -0.469 e. The van der Waals surface area contributed by atoms with Gasteiger partial charge in [0.05, 0.1) is 30.1 Å². The van der Waals surface area contributed by atoms with Crippen molar-refractivity contribution in [3.05, 3.63) is 53.6 Å². The number of nitrogens with one attached hydrogen (secondary N) is 2. The van der Waals surface area contributed by atoms with Crippen molar-refractivity contribution in [1.29, 1.82) is 0 Å². The summed E-state index contributed by atoms with van der Waals surface area (Å²) in [6.07, 6.45) is -0.0610. The molecular weight excluding hydrogens is 422 g/mol. The van der Waals surface area contributed by atoms with E-state index in [1.54, 1.807) is 48.5 Å². The number of nitrogens with zero attached hydrogens (tertiary/aromatic N) is 1. The molecule has 2 aromatic rings. The predicted octanol–water partition coefficient (Wildman–Crippen LogP) is 2.83. The second-order valence-electron chi connectivity index (χ2n) is 7.47. The molecule has 2 aromatic carbocycles. The van der Waals surface area contributed by atoms with E-state index in [0.717, 1.165) is 4.90 Å². The molecule has 3 unspecified atom stereocenters. The Hall–Kier alpha value is -3.39. The molecule has 0 bridgehead atoms. The number of anilines is 3. The van der Waals surface area contributed by atoms with Crippen LogP contribution in [0.25, 0.3) is 0 Å². The second kappa shape index (κ2) is 8.39. The molecule has 31 heavy (non-hydrogen) atoms. The lowest BCUT2D eigenvalue weighted by Crippen LogP contribution is -2.48. The minimum atomic E-state index is -0.953. The first-order valence-corrected chi connectivity index (χ1v) is 10.1. The van der Waals surface area contributed by atoms with Gasteiger partial charge >= 0.3 is 5.97 Å². The van der Waals surface area contributed by atoms with E-state index < -0.39 is 35.7 Å². The van der Waals surface area contributed by atoms with Gasteiger partial charge in [-0.15, -0.1) is 0 Å². The van der Waals surface area contributed by atoms with Gasteiger partial charge in [-0.2, -0.15) is 0 Å². The van der Waals surface area contributed by atoms with Crippen molar-refractivity contribution in [2.45, 2.75) is 18.9 Å². The Morgan fingerprint density at radius 2 is 1.81 bits per heavy atom. The number of fused-ring (bicyclic) bond motifs is 1. The molecule has 0 radical (unpaired) electrons.